The van der Waals surface area contributed by atoms with Crippen molar-refractivity contribution in [2.45, 2.75) is 32.7 Å². The van der Waals surface area contributed by atoms with Gasteiger partial charge in [0.15, 0.2) is 0 Å². The number of nitrogens with one attached hydrogen (secondary N) is 1. The molecule has 4 nitrogen and oxygen atoms in total. The van der Waals surface area contributed by atoms with E-state index in [-0.39, 0.29) is 17.7 Å². The number of amides is 2. The molecule has 0 radical (unpaired) electrons. The van der Waals surface area contributed by atoms with E-state index >= 15 is 0 Å². The van der Waals surface area contributed by atoms with Crippen LogP contribution in [-0.2, 0) is 16.1 Å². The zero-order valence-electron chi connectivity index (χ0n) is 12.0. The standard InChI is InChI=1S/C16H22N2O2/c1-2-15(19)18-10-6-9-14(12-18)16(20)17-11-13-7-4-3-5-8-13/h3-5,7-8,14H,2,6,9-12H2,1H3,(H,17,20). The number of nitrogens with zero attached hydrogens (tertiary/aromatic N) is 1. The minimum Gasteiger partial charge on any atom is -0.352 e. The molecule has 0 saturated carbocycles. The van der Waals surface area contributed by atoms with E-state index in [1.54, 1.807) is 0 Å². The van der Waals surface area contributed by atoms with Gasteiger partial charge < -0.3 is 10.2 Å². The Bertz CT molecular complexity index is 459. The van der Waals surface area contributed by atoms with Crippen molar-refractivity contribution in [3.63, 3.8) is 0 Å². The Kier molecular flexibility index (Phi) is 5.16. The zero-order chi connectivity index (χ0) is 14.4. The van der Waals surface area contributed by atoms with Crippen LogP contribution in [0, 0.1) is 5.92 Å². The molecule has 0 spiro atoms. The van der Waals surface area contributed by atoms with E-state index in [1.165, 1.54) is 0 Å². The Morgan fingerprint density at radius 1 is 1.30 bits per heavy atom. The van der Waals surface area contributed by atoms with Gasteiger partial charge in [-0.3, -0.25) is 9.59 Å². The summed E-state index contributed by atoms with van der Waals surface area (Å²) in [5, 5.41) is 2.97. The second-order valence-electron chi connectivity index (χ2n) is 5.24. The molecule has 1 atom stereocenters. The molecular weight excluding hydrogens is 252 g/mol. The molecule has 1 N–H and O–H groups in total. The molecule has 4 heteroatoms. The summed E-state index contributed by atoms with van der Waals surface area (Å²) in [5.41, 5.74) is 1.10. The third kappa shape index (κ3) is 3.83. The highest BCUT2D eigenvalue weighted by Crippen LogP contribution is 2.17. The van der Waals surface area contributed by atoms with E-state index in [2.05, 4.69) is 5.32 Å². The molecule has 108 valence electrons. The number of carbonyl (C=O) groups excluding carboxylic acids is 2. The van der Waals surface area contributed by atoms with Crippen LogP contribution in [0.15, 0.2) is 30.3 Å². The monoisotopic (exact) mass is 274 g/mol. The zero-order valence-corrected chi connectivity index (χ0v) is 12.0. The van der Waals surface area contributed by atoms with E-state index in [9.17, 15) is 9.59 Å². The first-order chi connectivity index (χ1) is 9.70. The van der Waals surface area contributed by atoms with E-state index in [0.29, 0.717) is 19.5 Å². The van der Waals surface area contributed by atoms with E-state index in [0.717, 1.165) is 24.9 Å². The summed E-state index contributed by atoms with van der Waals surface area (Å²) in [6.45, 7) is 3.77. The fourth-order valence-corrected chi connectivity index (χ4v) is 2.57. The lowest BCUT2D eigenvalue weighted by Gasteiger charge is -2.31. The van der Waals surface area contributed by atoms with Crippen molar-refractivity contribution < 1.29 is 9.59 Å². The summed E-state index contributed by atoms with van der Waals surface area (Å²) in [4.78, 5) is 25.7. The maximum Gasteiger partial charge on any atom is 0.225 e. The Balaban J connectivity index is 1.84. The van der Waals surface area contributed by atoms with E-state index in [1.807, 2.05) is 42.2 Å². The maximum absolute atomic E-state index is 12.2. The van der Waals surface area contributed by atoms with Gasteiger partial charge in [0.05, 0.1) is 5.92 Å². The van der Waals surface area contributed by atoms with Crippen molar-refractivity contribution >= 4 is 11.8 Å². The van der Waals surface area contributed by atoms with Gasteiger partial charge in [-0.15, -0.1) is 0 Å². The number of benzene rings is 1. The molecule has 0 aromatic heterocycles. The number of carbonyl (C=O) groups is 2. The van der Waals surface area contributed by atoms with Crippen molar-refractivity contribution in [3.05, 3.63) is 35.9 Å². The molecule has 20 heavy (non-hydrogen) atoms. The fourth-order valence-electron chi connectivity index (χ4n) is 2.57. The molecule has 1 heterocycles. The molecule has 1 unspecified atom stereocenters. The van der Waals surface area contributed by atoms with Crippen LogP contribution in [0.25, 0.3) is 0 Å². The van der Waals surface area contributed by atoms with Crippen LogP contribution in [0.3, 0.4) is 0 Å². The molecule has 1 aromatic carbocycles. The average Bonchev–Trinajstić information content (AvgIpc) is 2.53. The molecule has 2 rings (SSSR count). The summed E-state index contributed by atoms with van der Waals surface area (Å²) in [6, 6.07) is 9.87. The van der Waals surface area contributed by atoms with Crippen molar-refractivity contribution in [1.29, 1.82) is 0 Å². The lowest BCUT2D eigenvalue weighted by Crippen LogP contribution is -2.45. The highest BCUT2D eigenvalue weighted by molar-refractivity contribution is 5.81. The molecule has 2 amide bonds. The summed E-state index contributed by atoms with van der Waals surface area (Å²) >= 11 is 0. The average molecular weight is 274 g/mol. The molecular formula is C16H22N2O2. The lowest BCUT2D eigenvalue weighted by atomic mass is 9.97. The molecule has 1 aliphatic rings. The summed E-state index contributed by atoms with van der Waals surface area (Å²) in [7, 11) is 0. The number of likely N-dealkylation sites (tertiary alicyclic amines) is 1. The number of hydrogen-bond acceptors (Lipinski definition) is 2. The van der Waals surface area contributed by atoms with Gasteiger partial charge in [0.1, 0.15) is 0 Å². The fraction of sp³-hybridized carbons (Fsp3) is 0.500. The molecule has 1 fully saturated rings. The first-order valence-electron chi connectivity index (χ1n) is 7.30. The topological polar surface area (TPSA) is 49.4 Å². The van der Waals surface area contributed by atoms with E-state index in [4.69, 9.17) is 0 Å². The van der Waals surface area contributed by atoms with Gasteiger partial charge in [0.25, 0.3) is 0 Å². The van der Waals surface area contributed by atoms with E-state index < -0.39 is 0 Å². The van der Waals surface area contributed by atoms with Crippen LogP contribution in [0.2, 0.25) is 0 Å². The quantitative estimate of drug-likeness (QED) is 0.912. The van der Waals surface area contributed by atoms with Crippen molar-refractivity contribution in [2.75, 3.05) is 13.1 Å². The largest absolute Gasteiger partial charge is 0.352 e. The molecule has 1 aromatic rings. The Labute approximate surface area is 120 Å². The summed E-state index contributed by atoms with van der Waals surface area (Å²) < 4.78 is 0. The third-order valence-corrected chi connectivity index (χ3v) is 3.76. The highest BCUT2D eigenvalue weighted by atomic mass is 16.2. The van der Waals surface area contributed by atoms with Gasteiger partial charge in [-0.2, -0.15) is 0 Å². The van der Waals surface area contributed by atoms with Crippen LogP contribution in [0.4, 0.5) is 0 Å². The van der Waals surface area contributed by atoms with Crippen LogP contribution in [-0.4, -0.2) is 29.8 Å². The molecule has 0 bridgehead atoms. The smallest absolute Gasteiger partial charge is 0.225 e. The van der Waals surface area contributed by atoms with Gasteiger partial charge >= 0.3 is 0 Å². The van der Waals surface area contributed by atoms with Crippen LogP contribution < -0.4 is 5.32 Å². The predicted octanol–water partition coefficient (Wildman–Crippen LogP) is 1.95. The Hall–Kier alpha value is -1.84. The van der Waals surface area contributed by atoms with Crippen LogP contribution in [0.5, 0.6) is 0 Å². The molecule has 1 aliphatic heterocycles. The van der Waals surface area contributed by atoms with Gasteiger partial charge in [0.2, 0.25) is 11.8 Å². The van der Waals surface area contributed by atoms with Gasteiger partial charge in [-0.05, 0) is 18.4 Å². The second-order valence-corrected chi connectivity index (χ2v) is 5.24. The predicted molar refractivity (Wildman–Crippen MR) is 77.9 cm³/mol. The second kappa shape index (κ2) is 7.08. The first kappa shape index (κ1) is 14.6. The Morgan fingerprint density at radius 3 is 2.75 bits per heavy atom. The molecule has 1 saturated heterocycles. The van der Waals surface area contributed by atoms with Crippen LogP contribution in [0.1, 0.15) is 31.7 Å². The molecule has 0 aliphatic carbocycles. The van der Waals surface area contributed by atoms with Gasteiger partial charge in [-0.1, -0.05) is 37.3 Å². The third-order valence-electron chi connectivity index (χ3n) is 3.76. The Morgan fingerprint density at radius 2 is 2.05 bits per heavy atom. The van der Waals surface area contributed by atoms with Gasteiger partial charge in [-0.25, -0.2) is 0 Å². The highest BCUT2D eigenvalue weighted by Gasteiger charge is 2.27. The van der Waals surface area contributed by atoms with Crippen molar-refractivity contribution in [3.8, 4) is 0 Å². The summed E-state index contributed by atoms with van der Waals surface area (Å²) in [6.07, 6.45) is 2.29. The number of piperidine rings is 1. The SMILES string of the molecule is CCC(=O)N1CCCC(C(=O)NCc2ccccc2)C1. The van der Waals surface area contributed by atoms with Crippen molar-refractivity contribution in [1.82, 2.24) is 10.2 Å². The van der Waals surface area contributed by atoms with Crippen molar-refractivity contribution in [2.24, 2.45) is 5.92 Å². The number of hydrogen-bond donors (Lipinski definition) is 1. The van der Waals surface area contributed by atoms with Gasteiger partial charge in [0, 0.05) is 26.1 Å². The van der Waals surface area contributed by atoms with Crippen LogP contribution >= 0.6 is 0 Å². The summed E-state index contributed by atoms with van der Waals surface area (Å²) in [5.74, 6) is 0.135. The maximum atomic E-state index is 12.2. The number of rotatable bonds is 4. The minimum absolute atomic E-state index is 0.0578. The normalized spacial score (nSPS) is 18.6. The lowest BCUT2D eigenvalue weighted by molar-refractivity contribution is -0.135. The first-order valence-corrected chi connectivity index (χ1v) is 7.30. The minimum atomic E-state index is -0.0667.